The molecule has 0 aliphatic carbocycles. The Morgan fingerprint density at radius 2 is 1.79 bits per heavy atom. The molecule has 0 saturated carbocycles. The zero-order valence-electron chi connectivity index (χ0n) is 16.2. The second-order valence-corrected chi connectivity index (χ2v) is 9.02. The van der Waals surface area contributed by atoms with Crippen LogP contribution >= 0.6 is 0 Å². The molecule has 1 heterocycles. The first-order valence-electron chi connectivity index (χ1n) is 9.62. The highest BCUT2D eigenvalue weighted by atomic mass is 32.2. The lowest BCUT2D eigenvalue weighted by Gasteiger charge is -2.28. The lowest BCUT2D eigenvalue weighted by Crippen LogP contribution is -2.37. The third-order valence-corrected chi connectivity index (χ3v) is 6.79. The smallest absolute Gasteiger partial charge is 0.251 e. The van der Waals surface area contributed by atoms with E-state index in [2.05, 4.69) is 22.3 Å². The van der Waals surface area contributed by atoms with Gasteiger partial charge in [0, 0.05) is 37.9 Å². The molecule has 0 radical (unpaired) electrons. The van der Waals surface area contributed by atoms with E-state index in [-0.39, 0.29) is 11.7 Å². The summed E-state index contributed by atoms with van der Waals surface area (Å²) >= 11 is 0. The SMILES string of the molecule is CN(CCCNC(=O)c1ccc(N2CCCCS2(=O)=O)cc1)c1ccccc1. The van der Waals surface area contributed by atoms with E-state index in [0.29, 0.717) is 30.8 Å². The van der Waals surface area contributed by atoms with Gasteiger partial charge in [-0.15, -0.1) is 0 Å². The monoisotopic (exact) mass is 401 g/mol. The number of para-hydroxylation sites is 1. The molecule has 28 heavy (non-hydrogen) atoms. The summed E-state index contributed by atoms with van der Waals surface area (Å²) < 4.78 is 25.8. The maximum atomic E-state index is 12.3. The Morgan fingerprint density at radius 1 is 1.07 bits per heavy atom. The van der Waals surface area contributed by atoms with E-state index in [9.17, 15) is 13.2 Å². The summed E-state index contributed by atoms with van der Waals surface area (Å²) in [5.74, 6) is 0.0440. The zero-order valence-corrected chi connectivity index (χ0v) is 17.0. The van der Waals surface area contributed by atoms with E-state index >= 15 is 0 Å². The van der Waals surface area contributed by atoms with Crippen molar-refractivity contribution < 1.29 is 13.2 Å². The number of rotatable bonds is 7. The van der Waals surface area contributed by atoms with Crippen LogP contribution in [-0.4, -0.2) is 46.8 Å². The summed E-state index contributed by atoms with van der Waals surface area (Å²) in [5.41, 5.74) is 2.31. The Bertz CT molecular complexity index is 883. The standard InChI is InChI=1S/C21H27N3O3S/c1-23(19-8-3-2-4-9-19)15-7-14-22-21(25)18-10-12-20(13-11-18)24-16-5-6-17-28(24,26)27/h2-4,8-13H,5-7,14-17H2,1H3,(H,22,25). The van der Waals surface area contributed by atoms with Crippen LogP contribution in [0.4, 0.5) is 11.4 Å². The molecule has 7 heteroatoms. The van der Waals surface area contributed by atoms with Crippen LogP contribution in [0.2, 0.25) is 0 Å². The number of anilines is 2. The van der Waals surface area contributed by atoms with Crippen molar-refractivity contribution in [2.24, 2.45) is 0 Å². The minimum Gasteiger partial charge on any atom is -0.375 e. The van der Waals surface area contributed by atoms with Crippen LogP contribution in [0, 0.1) is 0 Å². The van der Waals surface area contributed by atoms with Crippen LogP contribution < -0.4 is 14.5 Å². The van der Waals surface area contributed by atoms with Gasteiger partial charge in [0.25, 0.3) is 5.91 Å². The third-order valence-electron chi connectivity index (χ3n) is 4.92. The number of carbonyl (C=O) groups is 1. The number of hydrogen-bond acceptors (Lipinski definition) is 4. The lowest BCUT2D eigenvalue weighted by atomic mass is 10.2. The molecular formula is C21H27N3O3S. The number of hydrogen-bond donors (Lipinski definition) is 1. The molecule has 2 aromatic rings. The van der Waals surface area contributed by atoms with Crippen molar-refractivity contribution in [1.82, 2.24) is 5.32 Å². The van der Waals surface area contributed by atoms with E-state index in [0.717, 1.165) is 25.1 Å². The Balaban J connectivity index is 1.48. The molecule has 3 rings (SSSR count). The van der Waals surface area contributed by atoms with Crippen LogP contribution in [0.3, 0.4) is 0 Å². The Kier molecular flexibility index (Phi) is 6.57. The number of nitrogens with one attached hydrogen (secondary N) is 1. The number of nitrogens with zero attached hydrogens (tertiary/aromatic N) is 2. The van der Waals surface area contributed by atoms with Crippen LogP contribution in [0.15, 0.2) is 54.6 Å². The average Bonchev–Trinajstić information content (AvgIpc) is 2.71. The molecule has 0 spiro atoms. The van der Waals surface area contributed by atoms with Gasteiger partial charge in [0.2, 0.25) is 10.0 Å². The van der Waals surface area contributed by atoms with Crippen LogP contribution in [0.1, 0.15) is 29.6 Å². The van der Waals surface area contributed by atoms with Gasteiger partial charge >= 0.3 is 0 Å². The van der Waals surface area contributed by atoms with E-state index in [1.54, 1.807) is 24.3 Å². The Hall–Kier alpha value is -2.54. The molecule has 1 aliphatic heterocycles. The summed E-state index contributed by atoms with van der Waals surface area (Å²) in [6.07, 6.45) is 2.40. The molecule has 2 aromatic carbocycles. The first-order valence-corrected chi connectivity index (χ1v) is 11.2. The van der Waals surface area contributed by atoms with Gasteiger partial charge in [-0.3, -0.25) is 9.10 Å². The summed E-state index contributed by atoms with van der Waals surface area (Å²) in [4.78, 5) is 14.5. The molecule has 1 saturated heterocycles. The third kappa shape index (κ3) is 5.04. The zero-order chi connectivity index (χ0) is 20.0. The van der Waals surface area contributed by atoms with Gasteiger partial charge in [0.15, 0.2) is 0 Å². The topological polar surface area (TPSA) is 69.7 Å². The molecule has 1 N–H and O–H groups in total. The summed E-state index contributed by atoms with van der Waals surface area (Å²) in [7, 11) is -1.20. The molecule has 0 atom stereocenters. The van der Waals surface area contributed by atoms with E-state index in [1.165, 1.54) is 4.31 Å². The van der Waals surface area contributed by atoms with Gasteiger partial charge in [-0.2, -0.15) is 0 Å². The molecule has 1 aliphatic rings. The minimum atomic E-state index is -3.23. The predicted octanol–water partition coefficient (Wildman–Crippen LogP) is 2.87. The Morgan fingerprint density at radius 3 is 2.46 bits per heavy atom. The molecule has 150 valence electrons. The number of amides is 1. The van der Waals surface area contributed by atoms with Crippen LogP contribution in [0.25, 0.3) is 0 Å². The van der Waals surface area contributed by atoms with Crippen molar-refractivity contribution in [2.45, 2.75) is 19.3 Å². The van der Waals surface area contributed by atoms with Crippen molar-refractivity contribution >= 4 is 27.3 Å². The maximum Gasteiger partial charge on any atom is 0.251 e. The van der Waals surface area contributed by atoms with Gasteiger partial charge in [0.1, 0.15) is 0 Å². The van der Waals surface area contributed by atoms with Crippen LogP contribution in [0.5, 0.6) is 0 Å². The molecule has 0 unspecified atom stereocenters. The fourth-order valence-corrected chi connectivity index (χ4v) is 4.93. The summed E-state index contributed by atoms with van der Waals surface area (Å²) in [6.45, 7) is 1.93. The lowest BCUT2D eigenvalue weighted by molar-refractivity contribution is 0.0953. The predicted molar refractivity (Wildman–Crippen MR) is 113 cm³/mol. The van der Waals surface area contributed by atoms with Gasteiger partial charge < -0.3 is 10.2 Å². The summed E-state index contributed by atoms with van der Waals surface area (Å²) in [6, 6.07) is 16.9. The fourth-order valence-electron chi connectivity index (χ4n) is 3.29. The highest BCUT2D eigenvalue weighted by Gasteiger charge is 2.25. The maximum absolute atomic E-state index is 12.3. The van der Waals surface area contributed by atoms with Crippen molar-refractivity contribution in [3.8, 4) is 0 Å². The van der Waals surface area contributed by atoms with Crippen LogP contribution in [-0.2, 0) is 10.0 Å². The first kappa shape index (κ1) is 20.2. The molecule has 0 aromatic heterocycles. The molecule has 1 amide bonds. The van der Waals surface area contributed by atoms with Crippen molar-refractivity contribution in [2.75, 3.05) is 41.6 Å². The highest BCUT2D eigenvalue weighted by molar-refractivity contribution is 7.92. The van der Waals surface area contributed by atoms with Gasteiger partial charge in [-0.25, -0.2) is 8.42 Å². The molecule has 1 fully saturated rings. The minimum absolute atomic E-state index is 0.143. The van der Waals surface area contributed by atoms with Crippen molar-refractivity contribution in [3.05, 3.63) is 60.2 Å². The van der Waals surface area contributed by atoms with Gasteiger partial charge in [0.05, 0.1) is 11.4 Å². The molecular weight excluding hydrogens is 374 g/mol. The Labute approximate surface area is 167 Å². The number of sulfonamides is 1. The van der Waals surface area contributed by atoms with E-state index < -0.39 is 10.0 Å². The number of carbonyl (C=O) groups excluding carboxylic acids is 1. The molecule has 6 nitrogen and oxygen atoms in total. The second-order valence-electron chi connectivity index (χ2n) is 7.01. The van der Waals surface area contributed by atoms with Gasteiger partial charge in [-0.1, -0.05) is 18.2 Å². The summed E-state index contributed by atoms with van der Waals surface area (Å²) in [5, 5.41) is 2.92. The fraction of sp³-hybridized carbons (Fsp3) is 0.381. The second kappa shape index (κ2) is 9.10. The van der Waals surface area contributed by atoms with E-state index in [4.69, 9.17) is 0 Å². The average molecular weight is 402 g/mol. The first-order chi connectivity index (χ1) is 13.5. The van der Waals surface area contributed by atoms with Gasteiger partial charge in [-0.05, 0) is 55.7 Å². The normalized spacial score (nSPS) is 15.8. The van der Waals surface area contributed by atoms with E-state index in [1.807, 2.05) is 25.2 Å². The highest BCUT2D eigenvalue weighted by Crippen LogP contribution is 2.23. The quantitative estimate of drug-likeness (QED) is 0.725. The number of benzene rings is 2. The van der Waals surface area contributed by atoms with Crippen molar-refractivity contribution in [3.63, 3.8) is 0 Å². The van der Waals surface area contributed by atoms with Crippen molar-refractivity contribution in [1.29, 1.82) is 0 Å². The molecule has 0 bridgehead atoms. The largest absolute Gasteiger partial charge is 0.375 e.